The Bertz CT molecular complexity index is 670. The van der Waals surface area contributed by atoms with Crippen molar-refractivity contribution in [2.75, 3.05) is 32.7 Å². The lowest BCUT2D eigenvalue weighted by atomic mass is 9.99. The van der Waals surface area contributed by atoms with Gasteiger partial charge in [-0.25, -0.2) is 0 Å². The number of amides is 1. The number of aromatic nitrogens is 2. The first kappa shape index (κ1) is 17.9. The highest BCUT2D eigenvalue weighted by Gasteiger charge is 2.34. The van der Waals surface area contributed by atoms with Crippen LogP contribution in [0.1, 0.15) is 55.0 Å². The van der Waals surface area contributed by atoms with E-state index < -0.39 is 0 Å². The SMILES string of the molecule is CCn1nc2c(c1C(=O)N1CCN(CCC#N)CC1)C[C@H](C)O[C@@H]2C. The zero-order valence-electron chi connectivity index (χ0n) is 15.4. The molecule has 0 N–H and O–H groups in total. The van der Waals surface area contributed by atoms with Gasteiger partial charge >= 0.3 is 0 Å². The van der Waals surface area contributed by atoms with Crippen molar-refractivity contribution in [1.29, 1.82) is 5.26 Å². The van der Waals surface area contributed by atoms with Crippen molar-refractivity contribution >= 4 is 5.91 Å². The van der Waals surface area contributed by atoms with E-state index in [0.717, 1.165) is 43.0 Å². The predicted octanol–water partition coefficient (Wildman–Crippen LogP) is 1.60. The van der Waals surface area contributed by atoms with E-state index in [2.05, 4.69) is 16.1 Å². The molecule has 1 amide bonds. The minimum absolute atomic E-state index is 0.0686. The van der Waals surface area contributed by atoms with Crippen molar-refractivity contribution in [3.8, 4) is 6.07 Å². The van der Waals surface area contributed by atoms with Crippen LogP contribution in [0.15, 0.2) is 0 Å². The summed E-state index contributed by atoms with van der Waals surface area (Å²) in [7, 11) is 0. The molecule has 7 nitrogen and oxygen atoms in total. The second-order valence-corrected chi connectivity index (χ2v) is 6.86. The van der Waals surface area contributed by atoms with Crippen LogP contribution < -0.4 is 0 Å². The number of rotatable bonds is 4. The van der Waals surface area contributed by atoms with Gasteiger partial charge in [-0.05, 0) is 20.8 Å². The molecule has 2 atom stereocenters. The molecule has 3 heterocycles. The molecule has 0 bridgehead atoms. The highest BCUT2D eigenvalue weighted by atomic mass is 16.5. The first-order valence-corrected chi connectivity index (χ1v) is 9.18. The Balaban J connectivity index is 1.78. The molecular formula is C18H27N5O2. The molecule has 0 radical (unpaired) electrons. The Morgan fingerprint density at radius 3 is 2.68 bits per heavy atom. The van der Waals surface area contributed by atoms with Crippen LogP contribution in [0, 0.1) is 11.3 Å². The molecule has 0 saturated carbocycles. The number of fused-ring (bicyclic) bond motifs is 1. The van der Waals surface area contributed by atoms with Crippen LogP contribution in [0.2, 0.25) is 0 Å². The van der Waals surface area contributed by atoms with Crippen LogP contribution in [0.5, 0.6) is 0 Å². The van der Waals surface area contributed by atoms with Crippen molar-refractivity contribution in [3.63, 3.8) is 0 Å². The highest BCUT2D eigenvalue weighted by Crippen LogP contribution is 2.32. The fourth-order valence-electron chi connectivity index (χ4n) is 3.79. The van der Waals surface area contributed by atoms with Crippen LogP contribution in [-0.2, 0) is 17.7 Å². The maximum Gasteiger partial charge on any atom is 0.272 e. The summed E-state index contributed by atoms with van der Waals surface area (Å²) in [5, 5.41) is 13.4. The smallest absolute Gasteiger partial charge is 0.272 e. The van der Waals surface area contributed by atoms with E-state index in [0.29, 0.717) is 26.1 Å². The summed E-state index contributed by atoms with van der Waals surface area (Å²) in [4.78, 5) is 17.4. The van der Waals surface area contributed by atoms with Crippen LogP contribution in [0.3, 0.4) is 0 Å². The third kappa shape index (κ3) is 3.55. The van der Waals surface area contributed by atoms with Crippen molar-refractivity contribution in [3.05, 3.63) is 17.0 Å². The maximum atomic E-state index is 13.2. The monoisotopic (exact) mass is 345 g/mol. The molecule has 2 aliphatic rings. The molecule has 1 aromatic heterocycles. The molecule has 25 heavy (non-hydrogen) atoms. The van der Waals surface area contributed by atoms with E-state index >= 15 is 0 Å². The lowest BCUT2D eigenvalue weighted by Crippen LogP contribution is -2.49. The molecule has 1 saturated heterocycles. The number of hydrogen-bond acceptors (Lipinski definition) is 5. The Morgan fingerprint density at radius 1 is 1.32 bits per heavy atom. The number of nitrogens with zero attached hydrogens (tertiary/aromatic N) is 5. The van der Waals surface area contributed by atoms with Crippen molar-refractivity contribution < 1.29 is 9.53 Å². The molecule has 0 aliphatic carbocycles. The van der Waals surface area contributed by atoms with Crippen molar-refractivity contribution in [2.45, 2.75) is 52.4 Å². The van der Waals surface area contributed by atoms with Crippen molar-refractivity contribution in [1.82, 2.24) is 19.6 Å². The molecule has 1 aromatic rings. The molecule has 1 fully saturated rings. The summed E-state index contributed by atoms with van der Waals surface area (Å²) in [5.74, 6) is 0.0804. The Kier molecular flexibility index (Phi) is 5.40. The van der Waals surface area contributed by atoms with E-state index in [9.17, 15) is 4.79 Å². The normalized spacial score (nSPS) is 24.0. The van der Waals surface area contributed by atoms with E-state index in [1.54, 1.807) is 0 Å². The van der Waals surface area contributed by atoms with Gasteiger partial charge in [0.25, 0.3) is 5.91 Å². The van der Waals surface area contributed by atoms with Gasteiger partial charge in [0, 0.05) is 57.7 Å². The third-order valence-corrected chi connectivity index (χ3v) is 5.10. The third-order valence-electron chi connectivity index (χ3n) is 5.10. The number of aryl methyl sites for hydroxylation is 1. The highest BCUT2D eigenvalue weighted by molar-refractivity contribution is 5.94. The number of piperazine rings is 1. The van der Waals surface area contributed by atoms with Crippen LogP contribution >= 0.6 is 0 Å². The summed E-state index contributed by atoms with van der Waals surface area (Å²) >= 11 is 0. The number of ether oxygens (including phenoxy) is 1. The molecule has 7 heteroatoms. The predicted molar refractivity (Wildman–Crippen MR) is 93.1 cm³/mol. The molecule has 0 aromatic carbocycles. The average Bonchev–Trinajstić information content (AvgIpc) is 2.98. The van der Waals surface area contributed by atoms with E-state index in [-0.39, 0.29) is 18.1 Å². The van der Waals surface area contributed by atoms with Gasteiger partial charge in [0.2, 0.25) is 0 Å². The standard InChI is InChI=1S/C18H27N5O2/c1-4-23-17(15-12-13(2)25-14(3)16(15)20-23)18(24)22-10-8-21(9-11-22)7-5-6-19/h13-14H,4-5,7-12H2,1-3H3/t13-,14+/m0/s1. The minimum atomic E-state index is -0.0686. The maximum absolute atomic E-state index is 13.2. The van der Waals surface area contributed by atoms with Crippen LogP contribution in [0.4, 0.5) is 0 Å². The van der Waals surface area contributed by atoms with Gasteiger partial charge in [-0.3, -0.25) is 14.4 Å². The van der Waals surface area contributed by atoms with Gasteiger partial charge in [-0.1, -0.05) is 0 Å². The van der Waals surface area contributed by atoms with Crippen molar-refractivity contribution in [2.24, 2.45) is 0 Å². The Hall–Kier alpha value is -1.91. The molecule has 0 unspecified atom stereocenters. The quantitative estimate of drug-likeness (QED) is 0.828. The van der Waals surface area contributed by atoms with E-state index in [1.165, 1.54) is 0 Å². The summed E-state index contributed by atoms with van der Waals surface area (Å²) < 4.78 is 7.71. The van der Waals surface area contributed by atoms with E-state index in [1.807, 2.05) is 30.4 Å². The number of carbonyl (C=O) groups is 1. The van der Waals surface area contributed by atoms with Gasteiger partial charge in [-0.2, -0.15) is 10.4 Å². The summed E-state index contributed by atoms with van der Waals surface area (Å²) in [6.45, 7) is 10.6. The number of hydrogen-bond donors (Lipinski definition) is 0. The van der Waals surface area contributed by atoms with Gasteiger partial charge < -0.3 is 9.64 Å². The summed E-state index contributed by atoms with van der Waals surface area (Å²) in [6, 6.07) is 2.18. The second kappa shape index (κ2) is 7.54. The van der Waals surface area contributed by atoms with Crippen LogP contribution in [0.25, 0.3) is 0 Å². The summed E-state index contributed by atoms with van der Waals surface area (Å²) in [6.07, 6.45) is 1.32. The zero-order valence-corrected chi connectivity index (χ0v) is 15.4. The average molecular weight is 345 g/mol. The molecule has 2 aliphatic heterocycles. The number of nitriles is 1. The minimum Gasteiger partial charge on any atom is -0.369 e. The lowest BCUT2D eigenvalue weighted by molar-refractivity contribution is -0.00718. The second-order valence-electron chi connectivity index (χ2n) is 6.86. The first-order valence-electron chi connectivity index (χ1n) is 9.18. The van der Waals surface area contributed by atoms with Gasteiger partial charge in [-0.15, -0.1) is 0 Å². The van der Waals surface area contributed by atoms with E-state index in [4.69, 9.17) is 10.00 Å². The largest absolute Gasteiger partial charge is 0.369 e. The Morgan fingerprint density at radius 2 is 2.04 bits per heavy atom. The van der Waals surface area contributed by atoms with Gasteiger partial charge in [0.05, 0.1) is 24.0 Å². The fraction of sp³-hybridized carbons (Fsp3) is 0.722. The molecular weight excluding hydrogens is 318 g/mol. The lowest BCUT2D eigenvalue weighted by Gasteiger charge is -2.34. The Labute approximate surface area is 149 Å². The number of carbonyl (C=O) groups excluding carboxylic acids is 1. The summed E-state index contributed by atoms with van der Waals surface area (Å²) in [5.41, 5.74) is 2.71. The first-order chi connectivity index (χ1) is 12.0. The molecule has 3 rings (SSSR count). The zero-order chi connectivity index (χ0) is 18.0. The van der Waals surface area contributed by atoms with Gasteiger partial charge in [0.15, 0.2) is 0 Å². The van der Waals surface area contributed by atoms with Gasteiger partial charge in [0.1, 0.15) is 5.69 Å². The van der Waals surface area contributed by atoms with Crippen LogP contribution in [-0.4, -0.2) is 64.3 Å². The fourth-order valence-corrected chi connectivity index (χ4v) is 3.79. The topological polar surface area (TPSA) is 74.4 Å². The molecule has 136 valence electrons. The molecule has 0 spiro atoms.